The number of hydrogen-bond donors (Lipinski definition) is 0. The van der Waals surface area contributed by atoms with Gasteiger partial charge < -0.3 is 4.57 Å². The van der Waals surface area contributed by atoms with Crippen molar-refractivity contribution in [3.05, 3.63) is 24.0 Å². The van der Waals surface area contributed by atoms with Crippen molar-refractivity contribution in [2.45, 2.75) is 6.54 Å². The number of alkyl halides is 1. The monoisotopic (exact) mass is 249 g/mol. The average Bonchev–Trinajstić information content (AvgIpc) is 2.37. The van der Waals surface area contributed by atoms with Crippen LogP contribution in [-0.4, -0.2) is 15.3 Å². The molecule has 1 aromatic rings. The molecular formula is C7H8INO. The fourth-order valence-electron chi connectivity index (χ4n) is 0.766. The summed E-state index contributed by atoms with van der Waals surface area (Å²) in [6.07, 6.45) is 4.64. The summed E-state index contributed by atoms with van der Waals surface area (Å²) < 4.78 is 3.08. The molecule has 0 spiro atoms. The molecule has 0 atom stereocenters. The zero-order valence-corrected chi connectivity index (χ0v) is 7.61. The van der Waals surface area contributed by atoms with Gasteiger partial charge in [0.25, 0.3) is 0 Å². The topological polar surface area (TPSA) is 22.0 Å². The van der Waals surface area contributed by atoms with Crippen LogP contribution in [0, 0.1) is 0 Å². The highest BCUT2D eigenvalue weighted by Gasteiger charge is 1.91. The van der Waals surface area contributed by atoms with Gasteiger partial charge in [0.05, 0.1) is 0 Å². The van der Waals surface area contributed by atoms with Gasteiger partial charge in [-0.25, -0.2) is 0 Å². The predicted molar refractivity (Wildman–Crippen MR) is 48.7 cm³/mol. The summed E-state index contributed by atoms with van der Waals surface area (Å²) in [5.74, 6) is 0. The number of aryl methyl sites for hydroxylation is 1. The van der Waals surface area contributed by atoms with E-state index < -0.39 is 0 Å². The molecule has 0 aromatic carbocycles. The molecule has 0 saturated carbocycles. The van der Waals surface area contributed by atoms with Gasteiger partial charge in [-0.3, -0.25) is 4.79 Å². The van der Waals surface area contributed by atoms with Crippen LogP contribution in [0.5, 0.6) is 0 Å². The van der Waals surface area contributed by atoms with E-state index in [1.54, 1.807) is 0 Å². The predicted octanol–water partition coefficient (Wildman–Crippen LogP) is 1.74. The van der Waals surface area contributed by atoms with Crippen LogP contribution in [0.15, 0.2) is 18.5 Å². The fourth-order valence-corrected chi connectivity index (χ4v) is 1.32. The first kappa shape index (κ1) is 7.78. The Kier molecular flexibility index (Phi) is 2.92. The number of rotatable bonds is 3. The molecule has 0 aliphatic carbocycles. The lowest BCUT2D eigenvalue weighted by Crippen LogP contribution is -1.93. The van der Waals surface area contributed by atoms with Gasteiger partial charge in [-0.2, -0.15) is 0 Å². The Hall–Kier alpha value is -0.320. The second-order valence-electron chi connectivity index (χ2n) is 1.99. The molecule has 54 valence electrons. The van der Waals surface area contributed by atoms with E-state index in [9.17, 15) is 4.79 Å². The van der Waals surface area contributed by atoms with Gasteiger partial charge in [0.2, 0.25) is 0 Å². The molecule has 3 heteroatoms. The van der Waals surface area contributed by atoms with Gasteiger partial charge in [0.1, 0.15) is 0 Å². The zero-order valence-electron chi connectivity index (χ0n) is 5.46. The standard InChI is InChI=1S/C7H8INO/c8-2-4-9-3-1-7(5-9)6-10/h1,3,5-6H,2,4H2. The first-order valence-electron chi connectivity index (χ1n) is 3.03. The summed E-state index contributed by atoms with van der Waals surface area (Å²) in [5.41, 5.74) is 0.754. The van der Waals surface area contributed by atoms with E-state index in [-0.39, 0.29) is 0 Å². The van der Waals surface area contributed by atoms with Crippen molar-refractivity contribution in [2.24, 2.45) is 0 Å². The van der Waals surface area contributed by atoms with Gasteiger partial charge in [-0.15, -0.1) is 0 Å². The molecule has 0 amide bonds. The second-order valence-corrected chi connectivity index (χ2v) is 3.07. The molecule has 0 bridgehead atoms. The number of aromatic nitrogens is 1. The molecule has 1 rings (SSSR count). The first-order chi connectivity index (χ1) is 4.86. The highest BCUT2D eigenvalue weighted by Crippen LogP contribution is 1.98. The highest BCUT2D eigenvalue weighted by molar-refractivity contribution is 14.1. The minimum Gasteiger partial charge on any atom is -0.353 e. The largest absolute Gasteiger partial charge is 0.353 e. The number of halogens is 1. The van der Waals surface area contributed by atoms with Crippen LogP contribution in [0.4, 0.5) is 0 Å². The number of carbonyl (C=O) groups excluding carboxylic acids is 1. The van der Waals surface area contributed by atoms with Crippen LogP contribution in [0.3, 0.4) is 0 Å². The minimum absolute atomic E-state index is 0.754. The summed E-state index contributed by atoms with van der Waals surface area (Å²) in [6.45, 7) is 0.981. The molecule has 0 N–H and O–H groups in total. The Labute approximate surface area is 73.4 Å². The molecule has 0 aliphatic rings. The molecule has 1 heterocycles. The van der Waals surface area contributed by atoms with E-state index >= 15 is 0 Å². The molecule has 0 saturated heterocycles. The van der Waals surface area contributed by atoms with Crippen molar-refractivity contribution in [1.82, 2.24) is 4.57 Å². The van der Waals surface area contributed by atoms with Crippen LogP contribution in [0.2, 0.25) is 0 Å². The summed E-state index contributed by atoms with van der Waals surface area (Å²) in [7, 11) is 0. The number of carbonyl (C=O) groups is 1. The van der Waals surface area contributed by atoms with E-state index in [1.165, 1.54) is 0 Å². The van der Waals surface area contributed by atoms with Crippen LogP contribution >= 0.6 is 22.6 Å². The van der Waals surface area contributed by atoms with Gasteiger partial charge in [-0.1, -0.05) is 22.6 Å². The molecule has 0 radical (unpaired) electrons. The van der Waals surface area contributed by atoms with Crippen molar-refractivity contribution in [3.8, 4) is 0 Å². The van der Waals surface area contributed by atoms with Crippen molar-refractivity contribution in [2.75, 3.05) is 4.43 Å². The van der Waals surface area contributed by atoms with Crippen LogP contribution < -0.4 is 0 Å². The maximum Gasteiger partial charge on any atom is 0.151 e. The summed E-state index contributed by atoms with van der Waals surface area (Å²) >= 11 is 2.30. The summed E-state index contributed by atoms with van der Waals surface area (Å²) in [5, 5.41) is 0. The Morgan fingerprint density at radius 3 is 3.00 bits per heavy atom. The van der Waals surface area contributed by atoms with Gasteiger partial charge >= 0.3 is 0 Å². The lowest BCUT2D eigenvalue weighted by Gasteiger charge is -1.94. The molecular weight excluding hydrogens is 241 g/mol. The molecule has 10 heavy (non-hydrogen) atoms. The third kappa shape index (κ3) is 1.83. The smallest absolute Gasteiger partial charge is 0.151 e. The number of aldehydes is 1. The van der Waals surface area contributed by atoms with Crippen LogP contribution in [0.25, 0.3) is 0 Å². The SMILES string of the molecule is O=Cc1ccn(CCI)c1. The highest BCUT2D eigenvalue weighted by atomic mass is 127. The molecule has 1 aromatic heterocycles. The second kappa shape index (κ2) is 3.75. The number of hydrogen-bond acceptors (Lipinski definition) is 1. The Morgan fingerprint density at radius 1 is 1.70 bits per heavy atom. The van der Waals surface area contributed by atoms with E-state index in [0.717, 1.165) is 22.8 Å². The van der Waals surface area contributed by atoms with Crippen molar-refractivity contribution < 1.29 is 4.79 Å². The normalized spacial score (nSPS) is 9.70. The van der Waals surface area contributed by atoms with E-state index in [0.29, 0.717) is 0 Å². The van der Waals surface area contributed by atoms with Gasteiger partial charge in [0, 0.05) is 28.9 Å². The summed E-state index contributed by atoms with van der Waals surface area (Å²) in [4.78, 5) is 10.2. The Balaban J connectivity index is 2.68. The number of nitrogens with zero attached hydrogens (tertiary/aromatic N) is 1. The van der Waals surface area contributed by atoms with Crippen LogP contribution in [0.1, 0.15) is 10.4 Å². The Morgan fingerprint density at radius 2 is 2.50 bits per heavy atom. The van der Waals surface area contributed by atoms with Crippen molar-refractivity contribution >= 4 is 28.9 Å². The van der Waals surface area contributed by atoms with Crippen molar-refractivity contribution in [1.29, 1.82) is 0 Å². The fraction of sp³-hybridized carbons (Fsp3) is 0.286. The molecule has 0 fully saturated rings. The maximum atomic E-state index is 10.2. The average molecular weight is 249 g/mol. The van der Waals surface area contributed by atoms with E-state index in [1.807, 2.05) is 23.0 Å². The lowest BCUT2D eigenvalue weighted by molar-refractivity contribution is 0.112. The summed E-state index contributed by atoms with van der Waals surface area (Å²) in [6, 6.07) is 1.82. The van der Waals surface area contributed by atoms with Gasteiger partial charge in [-0.05, 0) is 6.07 Å². The maximum absolute atomic E-state index is 10.2. The quantitative estimate of drug-likeness (QED) is 0.454. The molecule has 0 aliphatic heterocycles. The molecule has 0 unspecified atom stereocenters. The van der Waals surface area contributed by atoms with Crippen molar-refractivity contribution in [3.63, 3.8) is 0 Å². The first-order valence-corrected chi connectivity index (χ1v) is 4.56. The third-order valence-corrected chi connectivity index (χ3v) is 1.73. The van der Waals surface area contributed by atoms with E-state index in [2.05, 4.69) is 22.6 Å². The Bertz CT molecular complexity index is 219. The third-order valence-electron chi connectivity index (χ3n) is 1.25. The minimum atomic E-state index is 0.754. The van der Waals surface area contributed by atoms with Crippen LogP contribution in [-0.2, 0) is 6.54 Å². The van der Waals surface area contributed by atoms with E-state index in [4.69, 9.17) is 0 Å². The lowest BCUT2D eigenvalue weighted by atomic mass is 10.4. The molecule has 2 nitrogen and oxygen atoms in total. The van der Waals surface area contributed by atoms with Gasteiger partial charge in [0.15, 0.2) is 6.29 Å². The zero-order chi connectivity index (χ0) is 7.40.